The molecule has 0 saturated carbocycles. The number of fused-ring (bicyclic) bond motifs is 1. The van der Waals surface area contributed by atoms with Crippen LogP contribution in [0.1, 0.15) is 46.3 Å². The van der Waals surface area contributed by atoms with Crippen LogP contribution in [0.2, 0.25) is 0 Å². The molecule has 144 valence electrons. The molecule has 2 aromatic rings. The molecule has 0 radical (unpaired) electrons. The maximum atomic E-state index is 13.1. The minimum absolute atomic E-state index is 0.147. The first-order valence-electron chi connectivity index (χ1n) is 9.05. The lowest BCUT2D eigenvalue weighted by Gasteiger charge is -2.22. The van der Waals surface area contributed by atoms with E-state index in [4.69, 9.17) is 0 Å². The van der Waals surface area contributed by atoms with E-state index >= 15 is 0 Å². The van der Waals surface area contributed by atoms with Crippen LogP contribution >= 0.6 is 0 Å². The Hall–Kier alpha value is -2.74. The lowest BCUT2D eigenvalue weighted by molar-refractivity contribution is 0.0732. The first kappa shape index (κ1) is 19.0. The van der Waals surface area contributed by atoms with Crippen LogP contribution < -0.4 is 5.32 Å². The molecule has 2 amide bonds. The number of β-amino-alcohol motifs (C(OH)–C–C–N with tert-alkyl or cyclic N) is 1. The number of rotatable bonds is 6. The average molecular weight is 374 g/mol. The molecule has 0 unspecified atom stereocenters. The van der Waals surface area contributed by atoms with Gasteiger partial charge in [0.25, 0.3) is 11.8 Å². The normalized spacial score (nSPS) is 16.4. The van der Waals surface area contributed by atoms with Crippen molar-refractivity contribution in [3.8, 4) is 0 Å². The molecular formula is C19H23FN4O3. The van der Waals surface area contributed by atoms with Crippen LogP contribution in [0.3, 0.4) is 0 Å². The van der Waals surface area contributed by atoms with E-state index in [1.807, 2.05) is 6.92 Å². The van der Waals surface area contributed by atoms with Gasteiger partial charge in [-0.05, 0) is 24.1 Å². The predicted molar refractivity (Wildman–Crippen MR) is 96.6 cm³/mol. The van der Waals surface area contributed by atoms with Crippen molar-refractivity contribution in [3.05, 3.63) is 53.1 Å². The third-order valence-electron chi connectivity index (χ3n) is 4.47. The summed E-state index contributed by atoms with van der Waals surface area (Å²) in [5, 5.41) is 16.7. The second-order valence-electron chi connectivity index (χ2n) is 6.67. The van der Waals surface area contributed by atoms with Crippen LogP contribution in [-0.2, 0) is 13.1 Å². The van der Waals surface area contributed by atoms with E-state index in [2.05, 4.69) is 10.4 Å². The molecule has 0 spiro atoms. The van der Waals surface area contributed by atoms with E-state index in [1.54, 1.807) is 17.0 Å². The summed E-state index contributed by atoms with van der Waals surface area (Å²) >= 11 is 0. The molecular weight excluding hydrogens is 351 g/mol. The minimum atomic E-state index is -0.756. The Morgan fingerprint density at radius 1 is 1.41 bits per heavy atom. The zero-order chi connectivity index (χ0) is 19.4. The fourth-order valence-corrected chi connectivity index (χ4v) is 2.98. The van der Waals surface area contributed by atoms with Gasteiger partial charge in [0.05, 0.1) is 12.6 Å². The summed E-state index contributed by atoms with van der Waals surface area (Å²) in [6.45, 7) is 3.19. The van der Waals surface area contributed by atoms with Crippen molar-refractivity contribution in [2.45, 2.75) is 39.0 Å². The first-order valence-corrected chi connectivity index (χ1v) is 9.05. The highest BCUT2D eigenvalue weighted by Crippen LogP contribution is 2.15. The van der Waals surface area contributed by atoms with E-state index in [0.717, 1.165) is 18.4 Å². The zero-order valence-electron chi connectivity index (χ0n) is 15.2. The van der Waals surface area contributed by atoms with E-state index in [-0.39, 0.29) is 42.1 Å². The molecule has 7 nitrogen and oxygen atoms in total. The van der Waals surface area contributed by atoms with Crippen molar-refractivity contribution in [2.75, 3.05) is 13.1 Å². The van der Waals surface area contributed by atoms with E-state index in [0.29, 0.717) is 13.1 Å². The van der Waals surface area contributed by atoms with Crippen molar-refractivity contribution in [1.82, 2.24) is 20.0 Å². The molecule has 0 bridgehead atoms. The SMILES string of the molecule is CCCCN(Cc1ccc(F)cc1)C(=O)c1cc2n(n1)C[C@@H](O)CNC2=O. The summed E-state index contributed by atoms with van der Waals surface area (Å²) in [6.07, 6.45) is 0.981. The van der Waals surface area contributed by atoms with Gasteiger partial charge in [-0.25, -0.2) is 4.39 Å². The maximum absolute atomic E-state index is 13.1. The van der Waals surface area contributed by atoms with Crippen LogP contribution in [0.15, 0.2) is 30.3 Å². The van der Waals surface area contributed by atoms with Gasteiger partial charge in [0.15, 0.2) is 5.69 Å². The Morgan fingerprint density at radius 3 is 2.85 bits per heavy atom. The van der Waals surface area contributed by atoms with Gasteiger partial charge in [-0.3, -0.25) is 14.3 Å². The fraction of sp³-hybridized carbons (Fsp3) is 0.421. The van der Waals surface area contributed by atoms with Gasteiger partial charge in [0.2, 0.25) is 0 Å². The van der Waals surface area contributed by atoms with Crippen LogP contribution in [0, 0.1) is 5.82 Å². The third kappa shape index (κ3) is 4.51. The van der Waals surface area contributed by atoms with Gasteiger partial charge >= 0.3 is 0 Å². The zero-order valence-corrected chi connectivity index (χ0v) is 15.2. The van der Waals surface area contributed by atoms with Gasteiger partial charge in [-0.1, -0.05) is 25.5 Å². The van der Waals surface area contributed by atoms with Crippen molar-refractivity contribution >= 4 is 11.8 Å². The molecule has 0 fully saturated rings. The first-order chi connectivity index (χ1) is 13.0. The molecule has 2 heterocycles. The molecule has 3 rings (SSSR count). The summed E-state index contributed by atoms with van der Waals surface area (Å²) in [5.41, 5.74) is 1.23. The topological polar surface area (TPSA) is 87.5 Å². The summed E-state index contributed by atoms with van der Waals surface area (Å²) in [4.78, 5) is 26.8. The number of carbonyl (C=O) groups is 2. The van der Waals surface area contributed by atoms with Crippen molar-refractivity contribution in [1.29, 1.82) is 0 Å². The van der Waals surface area contributed by atoms with Gasteiger partial charge in [0, 0.05) is 25.7 Å². The molecule has 27 heavy (non-hydrogen) atoms. The monoisotopic (exact) mass is 374 g/mol. The number of benzene rings is 1. The number of hydrogen-bond acceptors (Lipinski definition) is 4. The van der Waals surface area contributed by atoms with Crippen LogP contribution in [0.5, 0.6) is 0 Å². The second-order valence-corrected chi connectivity index (χ2v) is 6.67. The summed E-state index contributed by atoms with van der Waals surface area (Å²) in [7, 11) is 0. The van der Waals surface area contributed by atoms with E-state index in [1.165, 1.54) is 22.9 Å². The number of hydrogen-bond donors (Lipinski definition) is 2. The largest absolute Gasteiger partial charge is 0.389 e. The molecule has 1 aromatic carbocycles. The van der Waals surface area contributed by atoms with Crippen molar-refractivity contribution in [2.24, 2.45) is 0 Å². The average Bonchev–Trinajstić information content (AvgIpc) is 3.02. The maximum Gasteiger partial charge on any atom is 0.274 e. The number of carbonyl (C=O) groups excluding carboxylic acids is 2. The van der Waals surface area contributed by atoms with E-state index in [9.17, 15) is 19.1 Å². The lowest BCUT2D eigenvalue weighted by atomic mass is 10.2. The number of aromatic nitrogens is 2. The highest BCUT2D eigenvalue weighted by atomic mass is 19.1. The molecule has 1 aromatic heterocycles. The van der Waals surface area contributed by atoms with Crippen LogP contribution in [-0.4, -0.2) is 50.8 Å². The summed E-state index contributed by atoms with van der Waals surface area (Å²) < 4.78 is 14.5. The van der Waals surface area contributed by atoms with Gasteiger partial charge < -0.3 is 15.3 Å². The Morgan fingerprint density at radius 2 is 2.15 bits per heavy atom. The molecule has 1 atom stereocenters. The smallest absolute Gasteiger partial charge is 0.274 e. The Labute approximate surface area is 156 Å². The lowest BCUT2D eigenvalue weighted by Crippen LogP contribution is -2.32. The van der Waals surface area contributed by atoms with Gasteiger partial charge in [0.1, 0.15) is 11.5 Å². The highest BCUT2D eigenvalue weighted by molar-refractivity contribution is 5.98. The second kappa shape index (κ2) is 8.30. The Kier molecular flexibility index (Phi) is 5.85. The Balaban J connectivity index is 1.83. The van der Waals surface area contributed by atoms with Gasteiger partial charge in [-0.15, -0.1) is 0 Å². The number of nitrogens with zero attached hydrogens (tertiary/aromatic N) is 3. The number of aliphatic hydroxyl groups is 1. The van der Waals surface area contributed by atoms with Gasteiger partial charge in [-0.2, -0.15) is 5.10 Å². The minimum Gasteiger partial charge on any atom is -0.389 e. The molecule has 0 saturated heterocycles. The summed E-state index contributed by atoms with van der Waals surface area (Å²) in [5.74, 6) is -0.986. The molecule has 0 aliphatic carbocycles. The third-order valence-corrected chi connectivity index (χ3v) is 4.47. The molecule has 2 N–H and O–H groups in total. The number of nitrogens with one attached hydrogen (secondary N) is 1. The number of amides is 2. The number of aliphatic hydroxyl groups excluding tert-OH is 1. The highest BCUT2D eigenvalue weighted by Gasteiger charge is 2.26. The summed E-state index contributed by atoms with van der Waals surface area (Å²) in [6, 6.07) is 7.48. The molecule has 8 heteroatoms. The fourth-order valence-electron chi connectivity index (χ4n) is 2.98. The number of unbranched alkanes of at least 4 members (excludes halogenated alkanes) is 1. The van der Waals surface area contributed by atoms with Crippen LogP contribution in [0.25, 0.3) is 0 Å². The molecule has 1 aliphatic heterocycles. The quantitative estimate of drug-likeness (QED) is 0.803. The van der Waals surface area contributed by atoms with E-state index < -0.39 is 6.10 Å². The van der Waals surface area contributed by atoms with Crippen molar-refractivity contribution < 1.29 is 19.1 Å². The molecule has 1 aliphatic rings. The standard InChI is InChI=1S/C19H23FN4O3/c1-2-3-8-23(11-13-4-6-14(20)7-5-13)19(27)16-9-17-18(26)21-10-15(25)12-24(17)22-16/h4-7,9,15,25H,2-3,8,10-12H2,1H3,(H,21,26)/t15-/m0/s1. The number of halogens is 1. The predicted octanol–water partition coefficient (Wildman–Crippen LogP) is 1.57. The Bertz CT molecular complexity index is 819. The van der Waals surface area contributed by atoms with Crippen LogP contribution in [0.4, 0.5) is 4.39 Å². The van der Waals surface area contributed by atoms with Crippen molar-refractivity contribution in [3.63, 3.8) is 0 Å².